The first-order valence-corrected chi connectivity index (χ1v) is 7.40. The molecule has 0 saturated carbocycles. The number of unbranched alkanes of at least 4 members (excludes halogenated alkanes) is 2. The molecule has 0 radical (unpaired) electrons. The molecule has 0 bridgehead atoms. The minimum atomic E-state index is -4.53. The molecule has 0 aliphatic heterocycles. The normalized spacial score (nSPS) is 12.6. The van der Waals surface area contributed by atoms with Crippen LogP contribution in [-0.2, 0) is 15.7 Å². The van der Waals surface area contributed by atoms with Crippen molar-refractivity contribution in [3.05, 3.63) is 35.4 Å². The van der Waals surface area contributed by atoms with Crippen molar-refractivity contribution in [2.75, 3.05) is 6.61 Å². The highest BCUT2D eigenvalue weighted by Crippen LogP contribution is 2.29. The number of ether oxygens (including phenoxy) is 1. The highest BCUT2D eigenvalue weighted by atomic mass is 19.4. The molecule has 128 valence electrons. The van der Waals surface area contributed by atoms with Gasteiger partial charge in [0.1, 0.15) is 6.04 Å². The van der Waals surface area contributed by atoms with Gasteiger partial charge in [0, 0.05) is 5.56 Å². The molecule has 1 unspecified atom stereocenters. The molecule has 1 aromatic carbocycles. The molecule has 1 rings (SSSR count). The van der Waals surface area contributed by atoms with E-state index in [9.17, 15) is 22.8 Å². The predicted octanol–water partition coefficient (Wildman–Crippen LogP) is 3.56. The van der Waals surface area contributed by atoms with Gasteiger partial charge in [-0.2, -0.15) is 13.2 Å². The van der Waals surface area contributed by atoms with E-state index in [0.717, 1.165) is 37.5 Å². The van der Waals surface area contributed by atoms with E-state index in [-0.39, 0.29) is 12.2 Å². The predicted molar refractivity (Wildman–Crippen MR) is 78.9 cm³/mol. The smallest absolute Gasteiger partial charge is 0.416 e. The van der Waals surface area contributed by atoms with Crippen LogP contribution in [-0.4, -0.2) is 24.5 Å². The number of nitrogens with one attached hydrogen (secondary N) is 1. The summed E-state index contributed by atoms with van der Waals surface area (Å²) in [6, 6.07) is 3.09. The third kappa shape index (κ3) is 6.30. The SMILES string of the molecule is CCCCCOC(=O)C(C)NC(=O)c1cccc(C(F)(F)F)c1. The maximum atomic E-state index is 12.6. The second-order valence-corrected chi connectivity index (χ2v) is 5.15. The fourth-order valence-corrected chi connectivity index (χ4v) is 1.83. The Morgan fingerprint density at radius 3 is 2.57 bits per heavy atom. The van der Waals surface area contributed by atoms with Crippen molar-refractivity contribution in [1.82, 2.24) is 5.32 Å². The fourth-order valence-electron chi connectivity index (χ4n) is 1.83. The number of rotatable bonds is 7. The topological polar surface area (TPSA) is 55.4 Å². The molecule has 0 heterocycles. The molecule has 1 N–H and O–H groups in total. The van der Waals surface area contributed by atoms with E-state index in [2.05, 4.69) is 5.32 Å². The Labute approximate surface area is 133 Å². The lowest BCUT2D eigenvalue weighted by molar-refractivity contribution is -0.145. The number of carbonyl (C=O) groups is 2. The molecule has 0 saturated heterocycles. The third-order valence-corrected chi connectivity index (χ3v) is 3.15. The number of hydrogen-bond acceptors (Lipinski definition) is 3. The zero-order valence-corrected chi connectivity index (χ0v) is 13.1. The molecule has 1 aromatic rings. The van der Waals surface area contributed by atoms with Crippen molar-refractivity contribution in [1.29, 1.82) is 0 Å². The van der Waals surface area contributed by atoms with Gasteiger partial charge in [-0.05, 0) is 31.5 Å². The van der Waals surface area contributed by atoms with E-state index in [1.165, 1.54) is 13.0 Å². The lowest BCUT2D eigenvalue weighted by Crippen LogP contribution is -2.39. The van der Waals surface area contributed by atoms with Crippen molar-refractivity contribution in [2.24, 2.45) is 0 Å². The Morgan fingerprint density at radius 1 is 1.26 bits per heavy atom. The van der Waals surface area contributed by atoms with Crippen LogP contribution in [0.1, 0.15) is 49.0 Å². The second kappa shape index (κ2) is 8.55. The van der Waals surface area contributed by atoms with E-state index in [1.807, 2.05) is 6.92 Å². The molecule has 0 spiro atoms. The van der Waals surface area contributed by atoms with Crippen LogP contribution in [0.2, 0.25) is 0 Å². The number of halogens is 3. The number of carbonyl (C=O) groups excluding carboxylic acids is 2. The van der Waals surface area contributed by atoms with Gasteiger partial charge in [0.2, 0.25) is 0 Å². The summed E-state index contributed by atoms with van der Waals surface area (Å²) in [5, 5.41) is 2.33. The average molecular weight is 331 g/mol. The van der Waals surface area contributed by atoms with E-state index in [1.54, 1.807) is 0 Å². The summed E-state index contributed by atoms with van der Waals surface area (Å²) in [7, 11) is 0. The van der Waals surface area contributed by atoms with Crippen molar-refractivity contribution < 1.29 is 27.5 Å². The van der Waals surface area contributed by atoms with E-state index in [0.29, 0.717) is 0 Å². The molecular formula is C16H20F3NO3. The number of esters is 1. The Hall–Kier alpha value is -2.05. The van der Waals surface area contributed by atoms with Gasteiger partial charge in [-0.1, -0.05) is 25.8 Å². The molecule has 0 fully saturated rings. The number of alkyl halides is 3. The van der Waals surface area contributed by atoms with Gasteiger partial charge in [0.05, 0.1) is 12.2 Å². The number of hydrogen-bond donors (Lipinski definition) is 1. The minimum Gasteiger partial charge on any atom is -0.464 e. The van der Waals surface area contributed by atoms with Crippen LogP contribution >= 0.6 is 0 Å². The lowest BCUT2D eigenvalue weighted by Gasteiger charge is -2.14. The largest absolute Gasteiger partial charge is 0.464 e. The Kier molecular flexibility index (Phi) is 7.06. The zero-order valence-electron chi connectivity index (χ0n) is 13.1. The first-order chi connectivity index (χ1) is 10.8. The van der Waals surface area contributed by atoms with Crippen LogP contribution in [0.5, 0.6) is 0 Å². The lowest BCUT2D eigenvalue weighted by atomic mass is 10.1. The molecular weight excluding hydrogens is 311 g/mol. The van der Waals surface area contributed by atoms with Crippen molar-refractivity contribution in [2.45, 2.75) is 45.3 Å². The van der Waals surface area contributed by atoms with Crippen LogP contribution in [0.15, 0.2) is 24.3 Å². The summed E-state index contributed by atoms with van der Waals surface area (Å²) in [5.41, 5.74) is -1.08. The molecule has 1 atom stereocenters. The molecule has 7 heteroatoms. The highest BCUT2D eigenvalue weighted by Gasteiger charge is 2.31. The van der Waals surface area contributed by atoms with Crippen LogP contribution in [0.3, 0.4) is 0 Å². The quantitative estimate of drug-likeness (QED) is 0.614. The van der Waals surface area contributed by atoms with Gasteiger partial charge < -0.3 is 10.1 Å². The van der Waals surface area contributed by atoms with Crippen LogP contribution in [0.4, 0.5) is 13.2 Å². The molecule has 1 amide bonds. The zero-order chi connectivity index (χ0) is 17.5. The minimum absolute atomic E-state index is 0.162. The Bertz CT molecular complexity index is 544. The number of benzene rings is 1. The van der Waals surface area contributed by atoms with Gasteiger partial charge in [0.15, 0.2) is 0 Å². The summed E-state index contributed by atoms with van der Waals surface area (Å²) in [6.45, 7) is 3.70. The summed E-state index contributed by atoms with van der Waals surface area (Å²) < 4.78 is 42.8. The maximum absolute atomic E-state index is 12.6. The standard InChI is InChI=1S/C16H20F3NO3/c1-3-4-5-9-23-15(22)11(2)20-14(21)12-7-6-8-13(10-12)16(17,18)19/h6-8,10-11H,3-5,9H2,1-2H3,(H,20,21). The van der Waals surface area contributed by atoms with E-state index >= 15 is 0 Å². The molecule has 23 heavy (non-hydrogen) atoms. The van der Waals surface area contributed by atoms with E-state index < -0.39 is 29.7 Å². The van der Waals surface area contributed by atoms with Crippen LogP contribution in [0, 0.1) is 0 Å². The molecule has 0 aliphatic carbocycles. The van der Waals surface area contributed by atoms with Gasteiger partial charge in [0.25, 0.3) is 5.91 Å². The Balaban J connectivity index is 2.60. The monoisotopic (exact) mass is 331 g/mol. The summed E-state index contributed by atoms with van der Waals surface area (Å²) in [6.07, 6.45) is -1.88. The average Bonchev–Trinajstić information content (AvgIpc) is 2.50. The molecule has 4 nitrogen and oxygen atoms in total. The summed E-state index contributed by atoms with van der Waals surface area (Å²) in [4.78, 5) is 23.6. The van der Waals surface area contributed by atoms with Crippen LogP contribution < -0.4 is 5.32 Å². The van der Waals surface area contributed by atoms with Crippen molar-refractivity contribution >= 4 is 11.9 Å². The number of amides is 1. The third-order valence-electron chi connectivity index (χ3n) is 3.15. The first-order valence-electron chi connectivity index (χ1n) is 7.40. The van der Waals surface area contributed by atoms with Crippen LogP contribution in [0.25, 0.3) is 0 Å². The second-order valence-electron chi connectivity index (χ2n) is 5.15. The van der Waals surface area contributed by atoms with Crippen molar-refractivity contribution in [3.8, 4) is 0 Å². The summed E-state index contributed by atoms with van der Waals surface area (Å²) >= 11 is 0. The first kappa shape index (κ1) is 19.0. The van der Waals surface area contributed by atoms with Gasteiger partial charge >= 0.3 is 12.1 Å². The summed E-state index contributed by atoms with van der Waals surface area (Å²) in [5.74, 6) is -1.37. The van der Waals surface area contributed by atoms with E-state index in [4.69, 9.17) is 4.74 Å². The van der Waals surface area contributed by atoms with Gasteiger partial charge in [-0.3, -0.25) is 4.79 Å². The fraction of sp³-hybridized carbons (Fsp3) is 0.500. The molecule has 0 aromatic heterocycles. The Morgan fingerprint density at radius 2 is 1.96 bits per heavy atom. The molecule has 0 aliphatic rings. The maximum Gasteiger partial charge on any atom is 0.416 e. The van der Waals surface area contributed by atoms with Gasteiger partial charge in [-0.15, -0.1) is 0 Å². The van der Waals surface area contributed by atoms with Crippen molar-refractivity contribution in [3.63, 3.8) is 0 Å². The van der Waals surface area contributed by atoms with Gasteiger partial charge in [-0.25, -0.2) is 4.79 Å². The highest BCUT2D eigenvalue weighted by molar-refractivity contribution is 5.96.